The van der Waals surface area contributed by atoms with Gasteiger partial charge in [0.05, 0.1) is 12.7 Å². The molecule has 0 spiro atoms. The predicted octanol–water partition coefficient (Wildman–Crippen LogP) is 1.10. The summed E-state index contributed by atoms with van der Waals surface area (Å²) in [4.78, 5) is 2.19. The quantitative estimate of drug-likeness (QED) is 0.700. The first kappa shape index (κ1) is 12.4. The molecular formula is C10H20BrNO2. The summed E-state index contributed by atoms with van der Waals surface area (Å²) in [5, 5.41) is 10.6. The van der Waals surface area contributed by atoms with Crippen LogP contribution in [-0.4, -0.2) is 55.3 Å². The van der Waals surface area contributed by atoms with Crippen molar-refractivity contribution < 1.29 is 9.84 Å². The predicted molar refractivity (Wildman–Crippen MR) is 60.8 cm³/mol. The Morgan fingerprint density at radius 3 is 2.64 bits per heavy atom. The van der Waals surface area contributed by atoms with E-state index in [2.05, 4.69) is 27.9 Å². The highest BCUT2D eigenvalue weighted by Gasteiger charge is 2.42. The maximum atomic E-state index is 9.53. The summed E-state index contributed by atoms with van der Waals surface area (Å²) in [6, 6.07) is 0. The summed E-state index contributed by atoms with van der Waals surface area (Å²) >= 11 is 3.54. The van der Waals surface area contributed by atoms with Crippen molar-refractivity contribution in [2.45, 2.75) is 18.9 Å². The molecule has 0 aromatic rings. The lowest BCUT2D eigenvalue weighted by Gasteiger charge is -2.24. The van der Waals surface area contributed by atoms with Crippen LogP contribution >= 0.6 is 15.9 Å². The standard InChI is InChI=1S/C10H20BrNO2/c1-12(5-9(13)6-14-2)8-10(7-11)3-4-10/h9,13H,3-8H2,1-2H3. The molecule has 0 saturated heterocycles. The van der Waals surface area contributed by atoms with Crippen molar-refractivity contribution in [3.63, 3.8) is 0 Å². The zero-order chi connectivity index (χ0) is 10.6. The molecule has 1 aliphatic carbocycles. The van der Waals surface area contributed by atoms with Gasteiger partial charge in [-0.05, 0) is 25.3 Å². The molecule has 4 heteroatoms. The highest BCUT2D eigenvalue weighted by atomic mass is 79.9. The molecule has 0 radical (unpaired) electrons. The fourth-order valence-electron chi connectivity index (χ4n) is 1.75. The minimum Gasteiger partial charge on any atom is -0.389 e. The van der Waals surface area contributed by atoms with Crippen molar-refractivity contribution >= 4 is 15.9 Å². The average molecular weight is 266 g/mol. The largest absolute Gasteiger partial charge is 0.389 e. The molecule has 1 fully saturated rings. The minimum atomic E-state index is -0.365. The number of hydrogen-bond acceptors (Lipinski definition) is 3. The van der Waals surface area contributed by atoms with E-state index in [1.54, 1.807) is 7.11 Å². The molecular weight excluding hydrogens is 246 g/mol. The van der Waals surface area contributed by atoms with Crippen LogP contribution in [0.5, 0.6) is 0 Å². The van der Waals surface area contributed by atoms with Gasteiger partial charge >= 0.3 is 0 Å². The van der Waals surface area contributed by atoms with Crippen molar-refractivity contribution in [3.8, 4) is 0 Å². The van der Waals surface area contributed by atoms with Gasteiger partial charge in [0.1, 0.15) is 0 Å². The van der Waals surface area contributed by atoms with Crippen LogP contribution in [0.25, 0.3) is 0 Å². The molecule has 1 aliphatic rings. The van der Waals surface area contributed by atoms with E-state index < -0.39 is 0 Å². The number of likely N-dealkylation sites (N-methyl/N-ethyl adjacent to an activating group) is 1. The van der Waals surface area contributed by atoms with Crippen LogP contribution in [0.3, 0.4) is 0 Å². The first-order valence-electron chi connectivity index (χ1n) is 5.03. The molecule has 0 amide bonds. The average Bonchev–Trinajstić information content (AvgIpc) is 2.85. The van der Waals surface area contributed by atoms with Crippen LogP contribution in [0.15, 0.2) is 0 Å². The molecule has 1 N–H and O–H groups in total. The maximum absolute atomic E-state index is 9.53. The van der Waals surface area contributed by atoms with Gasteiger partial charge in [-0.1, -0.05) is 15.9 Å². The van der Waals surface area contributed by atoms with Crippen molar-refractivity contribution in [3.05, 3.63) is 0 Å². The molecule has 84 valence electrons. The Hall–Kier alpha value is 0.360. The zero-order valence-corrected chi connectivity index (χ0v) is 10.6. The fraction of sp³-hybridized carbons (Fsp3) is 1.00. The van der Waals surface area contributed by atoms with E-state index >= 15 is 0 Å². The molecule has 1 unspecified atom stereocenters. The third-order valence-corrected chi connectivity index (χ3v) is 3.92. The number of aliphatic hydroxyl groups is 1. The highest BCUT2D eigenvalue weighted by molar-refractivity contribution is 9.09. The Bertz CT molecular complexity index is 174. The normalized spacial score (nSPS) is 21.2. The van der Waals surface area contributed by atoms with E-state index in [1.165, 1.54) is 12.8 Å². The lowest BCUT2D eigenvalue weighted by molar-refractivity contribution is 0.0402. The number of rotatable bonds is 7. The number of methoxy groups -OCH3 is 1. The van der Waals surface area contributed by atoms with Crippen LogP contribution in [0.4, 0.5) is 0 Å². The van der Waals surface area contributed by atoms with E-state index in [0.717, 1.165) is 11.9 Å². The minimum absolute atomic E-state index is 0.365. The van der Waals surface area contributed by atoms with Gasteiger partial charge < -0.3 is 14.7 Å². The van der Waals surface area contributed by atoms with E-state index in [0.29, 0.717) is 18.6 Å². The zero-order valence-electron chi connectivity index (χ0n) is 9.00. The van der Waals surface area contributed by atoms with Crippen LogP contribution in [0.1, 0.15) is 12.8 Å². The summed E-state index contributed by atoms with van der Waals surface area (Å²) in [6.07, 6.45) is 2.25. The number of aliphatic hydroxyl groups excluding tert-OH is 1. The first-order chi connectivity index (χ1) is 6.62. The Labute approximate surface area is 94.6 Å². The van der Waals surface area contributed by atoms with Crippen LogP contribution < -0.4 is 0 Å². The molecule has 1 atom stereocenters. The molecule has 0 bridgehead atoms. The van der Waals surface area contributed by atoms with Crippen molar-refractivity contribution in [2.75, 3.05) is 39.2 Å². The summed E-state index contributed by atoms with van der Waals surface area (Å²) in [7, 11) is 3.67. The van der Waals surface area contributed by atoms with Crippen LogP contribution in [0, 0.1) is 5.41 Å². The first-order valence-corrected chi connectivity index (χ1v) is 6.15. The van der Waals surface area contributed by atoms with Gasteiger partial charge in [0.25, 0.3) is 0 Å². The smallest absolute Gasteiger partial charge is 0.0899 e. The molecule has 14 heavy (non-hydrogen) atoms. The SMILES string of the molecule is COCC(O)CN(C)CC1(CBr)CC1. The molecule has 3 nitrogen and oxygen atoms in total. The number of alkyl halides is 1. The summed E-state index contributed by atoms with van der Waals surface area (Å²) < 4.78 is 4.89. The summed E-state index contributed by atoms with van der Waals surface area (Å²) in [5.74, 6) is 0. The van der Waals surface area contributed by atoms with E-state index in [4.69, 9.17) is 4.74 Å². The van der Waals surface area contributed by atoms with Crippen molar-refractivity contribution in [1.82, 2.24) is 4.90 Å². The van der Waals surface area contributed by atoms with Crippen LogP contribution in [-0.2, 0) is 4.74 Å². The van der Waals surface area contributed by atoms with Gasteiger partial charge in [0.2, 0.25) is 0 Å². The van der Waals surface area contributed by atoms with Gasteiger partial charge in [-0.3, -0.25) is 0 Å². The van der Waals surface area contributed by atoms with Gasteiger partial charge in [0, 0.05) is 25.5 Å². The Kier molecular flexibility index (Phi) is 4.83. The maximum Gasteiger partial charge on any atom is 0.0899 e. The van der Waals surface area contributed by atoms with Gasteiger partial charge in [-0.15, -0.1) is 0 Å². The topological polar surface area (TPSA) is 32.7 Å². The Morgan fingerprint density at radius 2 is 2.21 bits per heavy atom. The second-order valence-electron chi connectivity index (χ2n) is 4.44. The lowest BCUT2D eigenvalue weighted by Crippen LogP contribution is -2.36. The van der Waals surface area contributed by atoms with Crippen molar-refractivity contribution in [1.29, 1.82) is 0 Å². The second kappa shape index (κ2) is 5.45. The summed E-state index contributed by atoms with van der Waals surface area (Å²) in [5.41, 5.74) is 0.488. The molecule has 0 aromatic heterocycles. The molecule has 1 rings (SSSR count). The monoisotopic (exact) mass is 265 g/mol. The fourth-order valence-corrected chi connectivity index (χ4v) is 2.49. The molecule has 0 aliphatic heterocycles. The molecule has 0 heterocycles. The Morgan fingerprint density at radius 1 is 1.57 bits per heavy atom. The van der Waals surface area contributed by atoms with Crippen molar-refractivity contribution in [2.24, 2.45) is 5.41 Å². The highest BCUT2D eigenvalue weighted by Crippen LogP contribution is 2.47. The number of ether oxygens (including phenoxy) is 1. The summed E-state index contributed by atoms with van der Waals surface area (Å²) in [6.45, 7) is 2.19. The second-order valence-corrected chi connectivity index (χ2v) is 5.00. The Balaban J connectivity index is 2.18. The van der Waals surface area contributed by atoms with Gasteiger partial charge in [0.15, 0.2) is 0 Å². The number of halogens is 1. The third-order valence-electron chi connectivity index (χ3n) is 2.73. The van der Waals surface area contributed by atoms with E-state index in [-0.39, 0.29) is 6.10 Å². The van der Waals surface area contributed by atoms with Crippen LogP contribution in [0.2, 0.25) is 0 Å². The number of hydrogen-bond donors (Lipinski definition) is 1. The van der Waals surface area contributed by atoms with Gasteiger partial charge in [-0.2, -0.15) is 0 Å². The lowest BCUT2D eigenvalue weighted by atomic mass is 10.1. The molecule has 1 saturated carbocycles. The molecule has 0 aromatic carbocycles. The van der Waals surface area contributed by atoms with E-state index in [1.807, 2.05) is 0 Å². The van der Waals surface area contributed by atoms with Gasteiger partial charge in [-0.25, -0.2) is 0 Å². The van der Waals surface area contributed by atoms with E-state index in [9.17, 15) is 5.11 Å². The number of nitrogens with zero attached hydrogens (tertiary/aromatic N) is 1. The third kappa shape index (κ3) is 3.85.